The van der Waals surface area contributed by atoms with Crippen molar-refractivity contribution in [3.63, 3.8) is 0 Å². The lowest BCUT2D eigenvalue weighted by Gasteiger charge is -2.34. The third-order valence-corrected chi connectivity index (χ3v) is 2.51. The second kappa shape index (κ2) is 3.72. The van der Waals surface area contributed by atoms with Crippen molar-refractivity contribution >= 4 is 15.9 Å². The van der Waals surface area contributed by atoms with Crippen LogP contribution in [0.4, 0.5) is 4.39 Å². The molecule has 0 bridgehead atoms. The van der Waals surface area contributed by atoms with E-state index < -0.39 is 6.17 Å². The highest BCUT2D eigenvalue weighted by atomic mass is 79.9. The van der Waals surface area contributed by atoms with E-state index in [9.17, 15) is 4.39 Å². The van der Waals surface area contributed by atoms with Crippen LogP contribution in [0.25, 0.3) is 0 Å². The van der Waals surface area contributed by atoms with E-state index in [4.69, 9.17) is 0 Å². The van der Waals surface area contributed by atoms with Crippen LogP contribution in [0.5, 0.6) is 0 Å². The molecule has 2 nitrogen and oxygen atoms in total. The zero-order valence-electron chi connectivity index (χ0n) is 7.08. The number of hydrogen-bond acceptors (Lipinski definition) is 2. The Morgan fingerprint density at radius 2 is 2.31 bits per heavy atom. The highest BCUT2D eigenvalue weighted by Crippen LogP contribution is 2.16. The predicted octanol–water partition coefficient (Wildman–Crippen LogP) is 2.00. The zero-order valence-corrected chi connectivity index (χ0v) is 8.67. The number of rotatable bonds is 2. The number of hydrogen-bond donors (Lipinski definition) is 0. The van der Waals surface area contributed by atoms with E-state index in [0.717, 1.165) is 16.6 Å². The van der Waals surface area contributed by atoms with Crippen molar-refractivity contribution in [2.75, 3.05) is 13.1 Å². The lowest BCUT2D eigenvalue weighted by atomic mass is 10.1. The van der Waals surface area contributed by atoms with E-state index in [2.05, 4.69) is 25.8 Å². The van der Waals surface area contributed by atoms with Crippen LogP contribution >= 0.6 is 15.9 Å². The van der Waals surface area contributed by atoms with Gasteiger partial charge in [0.25, 0.3) is 0 Å². The molecule has 70 valence electrons. The summed E-state index contributed by atoms with van der Waals surface area (Å²) in [6.07, 6.45) is 2.94. The van der Waals surface area contributed by atoms with E-state index in [0.29, 0.717) is 13.1 Å². The molecule has 13 heavy (non-hydrogen) atoms. The molecule has 1 aliphatic heterocycles. The monoisotopic (exact) mass is 244 g/mol. The van der Waals surface area contributed by atoms with Crippen LogP contribution in [-0.2, 0) is 6.54 Å². The van der Waals surface area contributed by atoms with Gasteiger partial charge in [0, 0.05) is 36.5 Å². The Morgan fingerprint density at radius 1 is 1.54 bits per heavy atom. The average molecular weight is 245 g/mol. The van der Waals surface area contributed by atoms with E-state index in [1.807, 2.05) is 12.3 Å². The third-order valence-electron chi connectivity index (χ3n) is 2.08. The fourth-order valence-corrected chi connectivity index (χ4v) is 1.85. The molecule has 0 aliphatic carbocycles. The molecule has 1 aliphatic rings. The first-order valence-electron chi connectivity index (χ1n) is 4.20. The molecule has 0 aromatic carbocycles. The molecule has 1 aromatic heterocycles. The van der Waals surface area contributed by atoms with Crippen LogP contribution in [0.15, 0.2) is 22.9 Å². The molecule has 0 saturated carbocycles. The van der Waals surface area contributed by atoms with Crippen LogP contribution in [0.1, 0.15) is 5.56 Å². The van der Waals surface area contributed by atoms with Gasteiger partial charge in [0.15, 0.2) is 0 Å². The van der Waals surface area contributed by atoms with Gasteiger partial charge in [-0.15, -0.1) is 0 Å². The number of halogens is 2. The zero-order chi connectivity index (χ0) is 9.26. The summed E-state index contributed by atoms with van der Waals surface area (Å²) in [5.41, 5.74) is 1.13. The summed E-state index contributed by atoms with van der Waals surface area (Å²) in [6, 6.07) is 2.01. The standard InChI is InChI=1S/C9H10BrFN2/c10-8-1-7(2-12-3-8)4-13-5-9(11)6-13/h1-3,9H,4-6H2. The number of alkyl halides is 1. The molecule has 1 fully saturated rings. The summed E-state index contributed by atoms with van der Waals surface area (Å²) < 4.78 is 13.5. The van der Waals surface area contributed by atoms with Gasteiger partial charge in [0.2, 0.25) is 0 Å². The van der Waals surface area contributed by atoms with Crippen molar-refractivity contribution < 1.29 is 4.39 Å². The van der Waals surface area contributed by atoms with Crippen LogP contribution in [-0.4, -0.2) is 29.1 Å². The molecule has 0 unspecified atom stereocenters. The Balaban J connectivity index is 1.94. The van der Waals surface area contributed by atoms with Crippen molar-refractivity contribution in [1.82, 2.24) is 9.88 Å². The molecule has 0 atom stereocenters. The van der Waals surface area contributed by atoms with Gasteiger partial charge in [-0.25, -0.2) is 4.39 Å². The minimum Gasteiger partial charge on any atom is -0.293 e. The van der Waals surface area contributed by atoms with Gasteiger partial charge >= 0.3 is 0 Å². The molecular formula is C9H10BrFN2. The van der Waals surface area contributed by atoms with Crippen LogP contribution in [0.2, 0.25) is 0 Å². The van der Waals surface area contributed by atoms with Gasteiger partial charge in [-0.3, -0.25) is 9.88 Å². The number of nitrogens with zero attached hydrogens (tertiary/aromatic N) is 2. The van der Waals surface area contributed by atoms with Crippen LogP contribution in [0.3, 0.4) is 0 Å². The molecule has 0 N–H and O–H groups in total. The van der Waals surface area contributed by atoms with E-state index in [1.165, 1.54) is 0 Å². The maximum Gasteiger partial charge on any atom is 0.125 e. The topological polar surface area (TPSA) is 16.1 Å². The van der Waals surface area contributed by atoms with Gasteiger partial charge in [-0.05, 0) is 27.6 Å². The van der Waals surface area contributed by atoms with Crippen LogP contribution in [0, 0.1) is 0 Å². The molecule has 0 radical (unpaired) electrons. The van der Waals surface area contributed by atoms with Crippen molar-refractivity contribution in [2.45, 2.75) is 12.7 Å². The average Bonchev–Trinajstić information content (AvgIpc) is 2.01. The molecule has 1 aromatic rings. The maximum absolute atomic E-state index is 12.5. The largest absolute Gasteiger partial charge is 0.293 e. The Kier molecular flexibility index (Phi) is 2.60. The summed E-state index contributed by atoms with van der Waals surface area (Å²) in [4.78, 5) is 6.11. The van der Waals surface area contributed by atoms with Gasteiger partial charge in [0.05, 0.1) is 0 Å². The number of likely N-dealkylation sites (tertiary alicyclic amines) is 1. The summed E-state index contributed by atoms with van der Waals surface area (Å²) >= 11 is 3.35. The van der Waals surface area contributed by atoms with E-state index in [1.54, 1.807) is 6.20 Å². The SMILES string of the molecule is FC1CN(Cc2cncc(Br)c2)C1. The number of pyridine rings is 1. The lowest BCUT2D eigenvalue weighted by Crippen LogP contribution is -2.47. The molecule has 4 heteroatoms. The smallest absolute Gasteiger partial charge is 0.125 e. The fraction of sp³-hybridized carbons (Fsp3) is 0.444. The Hall–Kier alpha value is -0.480. The van der Waals surface area contributed by atoms with Crippen LogP contribution < -0.4 is 0 Å². The predicted molar refractivity (Wildman–Crippen MR) is 52.1 cm³/mol. The third kappa shape index (κ3) is 2.25. The van der Waals surface area contributed by atoms with Gasteiger partial charge in [-0.2, -0.15) is 0 Å². The summed E-state index contributed by atoms with van der Waals surface area (Å²) in [6.45, 7) is 1.92. The molecule has 2 heterocycles. The molecule has 1 saturated heterocycles. The minimum absolute atomic E-state index is 0.562. The molecular weight excluding hydrogens is 235 g/mol. The summed E-state index contributed by atoms with van der Waals surface area (Å²) in [7, 11) is 0. The van der Waals surface area contributed by atoms with Crippen molar-refractivity contribution in [2.24, 2.45) is 0 Å². The Labute approximate surface area is 84.9 Å². The lowest BCUT2D eigenvalue weighted by molar-refractivity contribution is 0.0590. The van der Waals surface area contributed by atoms with Gasteiger partial charge < -0.3 is 0 Å². The first kappa shape index (κ1) is 9.09. The quantitative estimate of drug-likeness (QED) is 0.792. The van der Waals surface area contributed by atoms with Crippen molar-refractivity contribution in [1.29, 1.82) is 0 Å². The van der Waals surface area contributed by atoms with Crippen molar-refractivity contribution in [3.8, 4) is 0 Å². The second-order valence-electron chi connectivity index (χ2n) is 3.30. The molecule has 2 rings (SSSR count). The van der Waals surface area contributed by atoms with Crippen molar-refractivity contribution in [3.05, 3.63) is 28.5 Å². The molecule has 0 spiro atoms. The summed E-state index contributed by atoms with van der Waals surface area (Å²) in [5.74, 6) is 0. The highest BCUT2D eigenvalue weighted by molar-refractivity contribution is 9.10. The first-order valence-corrected chi connectivity index (χ1v) is 4.99. The van der Waals surface area contributed by atoms with Gasteiger partial charge in [-0.1, -0.05) is 0 Å². The van der Waals surface area contributed by atoms with E-state index in [-0.39, 0.29) is 0 Å². The Bertz CT molecular complexity index is 299. The second-order valence-corrected chi connectivity index (χ2v) is 4.22. The first-order chi connectivity index (χ1) is 6.24. The number of aromatic nitrogens is 1. The maximum atomic E-state index is 12.5. The van der Waals surface area contributed by atoms with Gasteiger partial charge in [0.1, 0.15) is 6.17 Å². The Morgan fingerprint density at radius 3 is 2.92 bits per heavy atom. The molecule has 0 amide bonds. The van der Waals surface area contributed by atoms with E-state index >= 15 is 0 Å². The summed E-state index contributed by atoms with van der Waals surface area (Å²) in [5, 5.41) is 0. The fourth-order valence-electron chi connectivity index (χ4n) is 1.44. The minimum atomic E-state index is -0.625. The highest BCUT2D eigenvalue weighted by Gasteiger charge is 2.25. The normalized spacial score (nSPS) is 18.6.